The lowest BCUT2D eigenvalue weighted by Gasteiger charge is -2.16. The Hall–Kier alpha value is -0.790. The van der Waals surface area contributed by atoms with E-state index in [1.807, 2.05) is 0 Å². The molecule has 0 aromatic heterocycles. The molecule has 106 valence electrons. The molecule has 0 amide bonds. The fraction of sp³-hybridized carbons (Fsp3) is 0.812. The van der Waals surface area contributed by atoms with Crippen LogP contribution >= 0.6 is 0 Å². The van der Waals surface area contributed by atoms with Crippen LogP contribution in [0.25, 0.3) is 0 Å². The van der Waals surface area contributed by atoms with Crippen LogP contribution in [0.3, 0.4) is 0 Å². The largest absolute Gasteiger partial charge is 0.459 e. The molecular weight excluding hydrogens is 224 g/mol. The number of esters is 1. The molecule has 0 heterocycles. The number of carbonyl (C=O) groups is 1. The van der Waals surface area contributed by atoms with Crippen molar-refractivity contribution in [2.24, 2.45) is 0 Å². The average Bonchev–Trinajstić information content (AvgIpc) is 2.35. The third-order valence-corrected chi connectivity index (χ3v) is 3.21. The van der Waals surface area contributed by atoms with Gasteiger partial charge in [0.05, 0.1) is 0 Å². The van der Waals surface area contributed by atoms with Gasteiger partial charge in [-0.25, -0.2) is 4.79 Å². The van der Waals surface area contributed by atoms with Crippen LogP contribution in [0.15, 0.2) is 12.2 Å². The smallest absolute Gasteiger partial charge is 0.333 e. The molecule has 1 unspecified atom stereocenters. The van der Waals surface area contributed by atoms with Crippen molar-refractivity contribution in [3.63, 3.8) is 0 Å². The second kappa shape index (κ2) is 11.3. The first-order chi connectivity index (χ1) is 8.61. The van der Waals surface area contributed by atoms with Crippen LogP contribution < -0.4 is 0 Å². The van der Waals surface area contributed by atoms with Crippen LogP contribution in [-0.4, -0.2) is 12.1 Å². The molecule has 0 radical (unpaired) electrons. The SMILES string of the molecule is C=C(C)C(=O)OC(CC)CCCCCCCCC. The van der Waals surface area contributed by atoms with Crippen LogP contribution in [0.5, 0.6) is 0 Å². The molecule has 0 aliphatic rings. The summed E-state index contributed by atoms with van der Waals surface area (Å²) in [5.74, 6) is -0.246. The Morgan fingerprint density at radius 3 is 2.11 bits per heavy atom. The summed E-state index contributed by atoms with van der Waals surface area (Å²) in [6.45, 7) is 9.61. The van der Waals surface area contributed by atoms with Gasteiger partial charge in [0, 0.05) is 5.57 Å². The minimum Gasteiger partial charge on any atom is -0.459 e. The van der Waals surface area contributed by atoms with E-state index in [0.29, 0.717) is 5.57 Å². The lowest BCUT2D eigenvalue weighted by atomic mass is 10.1. The van der Waals surface area contributed by atoms with E-state index in [0.717, 1.165) is 19.3 Å². The van der Waals surface area contributed by atoms with Crippen molar-refractivity contribution in [2.45, 2.75) is 84.7 Å². The molecule has 18 heavy (non-hydrogen) atoms. The van der Waals surface area contributed by atoms with E-state index in [9.17, 15) is 4.79 Å². The standard InChI is InChI=1S/C16H30O2/c1-5-7-8-9-10-11-12-13-15(6-2)18-16(17)14(3)4/h15H,3,5-13H2,1-2,4H3. The molecule has 0 aromatic carbocycles. The van der Waals surface area contributed by atoms with Gasteiger partial charge in [0.15, 0.2) is 0 Å². The first-order valence-electron chi connectivity index (χ1n) is 7.48. The molecule has 0 aliphatic heterocycles. The zero-order valence-corrected chi connectivity index (χ0v) is 12.5. The van der Waals surface area contributed by atoms with E-state index in [4.69, 9.17) is 4.74 Å². The molecule has 0 rings (SSSR count). The summed E-state index contributed by atoms with van der Waals surface area (Å²) in [6, 6.07) is 0. The van der Waals surface area contributed by atoms with Crippen LogP contribution in [-0.2, 0) is 9.53 Å². The number of carbonyl (C=O) groups excluding carboxylic acids is 1. The fourth-order valence-electron chi connectivity index (χ4n) is 1.93. The minimum absolute atomic E-state index is 0.0739. The Morgan fingerprint density at radius 1 is 1.06 bits per heavy atom. The first-order valence-corrected chi connectivity index (χ1v) is 7.48. The maximum atomic E-state index is 11.4. The van der Waals surface area contributed by atoms with E-state index < -0.39 is 0 Å². The van der Waals surface area contributed by atoms with Crippen LogP contribution in [0.2, 0.25) is 0 Å². The number of hydrogen-bond acceptors (Lipinski definition) is 2. The van der Waals surface area contributed by atoms with Crippen molar-refractivity contribution in [1.29, 1.82) is 0 Å². The lowest BCUT2D eigenvalue weighted by Crippen LogP contribution is -2.17. The van der Waals surface area contributed by atoms with Gasteiger partial charge in [-0.1, -0.05) is 59.0 Å². The van der Waals surface area contributed by atoms with Gasteiger partial charge in [0.25, 0.3) is 0 Å². The fourth-order valence-corrected chi connectivity index (χ4v) is 1.93. The quantitative estimate of drug-likeness (QED) is 0.294. The molecule has 1 atom stereocenters. The monoisotopic (exact) mass is 254 g/mol. The van der Waals surface area contributed by atoms with Crippen LogP contribution in [0.1, 0.15) is 78.6 Å². The van der Waals surface area contributed by atoms with Gasteiger partial charge in [-0.3, -0.25) is 0 Å². The van der Waals surface area contributed by atoms with Gasteiger partial charge < -0.3 is 4.74 Å². The van der Waals surface area contributed by atoms with E-state index in [-0.39, 0.29) is 12.1 Å². The Bertz CT molecular complexity index is 233. The van der Waals surface area contributed by atoms with Crippen molar-refractivity contribution in [3.05, 3.63) is 12.2 Å². The van der Waals surface area contributed by atoms with E-state index in [2.05, 4.69) is 20.4 Å². The number of ether oxygens (including phenoxy) is 1. The second-order valence-electron chi connectivity index (χ2n) is 5.13. The van der Waals surface area contributed by atoms with Crippen molar-refractivity contribution in [3.8, 4) is 0 Å². The van der Waals surface area contributed by atoms with E-state index in [1.54, 1.807) is 6.92 Å². The number of unbranched alkanes of at least 4 members (excludes halogenated alkanes) is 6. The minimum atomic E-state index is -0.246. The van der Waals surface area contributed by atoms with E-state index >= 15 is 0 Å². The van der Waals surface area contributed by atoms with Crippen molar-refractivity contribution in [2.75, 3.05) is 0 Å². The summed E-state index contributed by atoms with van der Waals surface area (Å²) < 4.78 is 5.37. The Kier molecular flexibility index (Phi) is 10.8. The van der Waals surface area contributed by atoms with Gasteiger partial charge >= 0.3 is 5.97 Å². The molecule has 0 spiro atoms. The third kappa shape index (κ3) is 9.26. The van der Waals surface area contributed by atoms with Crippen molar-refractivity contribution in [1.82, 2.24) is 0 Å². The normalized spacial score (nSPS) is 12.2. The molecule has 0 aromatic rings. The average molecular weight is 254 g/mol. The van der Waals surface area contributed by atoms with Gasteiger partial charge in [-0.05, 0) is 26.2 Å². The maximum Gasteiger partial charge on any atom is 0.333 e. The summed E-state index contributed by atoms with van der Waals surface area (Å²) in [5, 5.41) is 0. The summed E-state index contributed by atoms with van der Waals surface area (Å²) >= 11 is 0. The Balaban J connectivity index is 3.56. The topological polar surface area (TPSA) is 26.3 Å². The summed E-state index contributed by atoms with van der Waals surface area (Å²) in [7, 11) is 0. The summed E-state index contributed by atoms with van der Waals surface area (Å²) in [6.07, 6.45) is 11.0. The lowest BCUT2D eigenvalue weighted by molar-refractivity contribution is -0.144. The van der Waals surface area contributed by atoms with Crippen molar-refractivity contribution < 1.29 is 9.53 Å². The molecule has 0 fully saturated rings. The highest BCUT2D eigenvalue weighted by Gasteiger charge is 2.12. The highest BCUT2D eigenvalue weighted by molar-refractivity contribution is 5.87. The predicted octanol–water partition coefficient (Wildman–Crippen LogP) is 5.03. The molecular formula is C16H30O2. The molecule has 0 saturated heterocycles. The maximum absolute atomic E-state index is 11.4. The highest BCUT2D eigenvalue weighted by Crippen LogP contribution is 2.14. The molecule has 0 aliphatic carbocycles. The van der Waals surface area contributed by atoms with Crippen molar-refractivity contribution >= 4 is 5.97 Å². The van der Waals surface area contributed by atoms with Gasteiger partial charge in [-0.2, -0.15) is 0 Å². The predicted molar refractivity (Wildman–Crippen MR) is 77.6 cm³/mol. The van der Waals surface area contributed by atoms with E-state index in [1.165, 1.54) is 38.5 Å². The molecule has 0 N–H and O–H groups in total. The first kappa shape index (κ1) is 17.2. The Morgan fingerprint density at radius 2 is 1.61 bits per heavy atom. The molecule has 2 nitrogen and oxygen atoms in total. The summed E-state index contributed by atoms with van der Waals surface area (Å²) in [5.41, 5.74) is 0.494. The second-order valence-corrected chi connectivity index (χ2v) is 5.13. The van der Waals surface area contributed by atoms with Crippen LogP contribution in [0, 0.1) is 0 Å². The molecule has 2 heteroatoms. The Labute approximate surface area is 113 Å². The van der Waals surface area contributed by atoms with Gasteiger partial charge in [-0.15, -0.1) is 0 Å². The number of hydrogen-bond donors (Lipinski definition) is 0. The zero-order valence-electron chi connectivity index (χ0n) is 12.5. The zero-order chi connectivity index (χ0) is 13.8. The summed E-state index contributed by atoms with van der Waals surface area (Å²) in [4.78, 5) is 11.4. The van der Waals surface area contributed by atoms with Crippen LogP contribution in [0.4, 0.5) is 0 Å². The van der Waals surface area contributed by atoms with Gasteiger partial charge in [0.2, 0.25) is 0 Å². The highest BCUT2D eigenvalue weighted by atomic mass is 16.5. The van der Waals surface area contributed by atoms with Gasteiger partial charge in [0.1, 0.15) is 6.10 Å². The molecule has 0 bridgehead atoms. The third-order valence-electron chi connectivity index (χ3n) is 3.21. The number of rotatable bonds is 11. The molecule has 0 saturated carbocycles.